The molecule has 5 rings (SSSR count). The third-order valence-corrected chi connectivity index (χ3v) is 5.32. The zero-order valence-electron chi connectivity index (χ0n) is 17.8. The average molecular weight is 440 g/mol. The number of rotatable bonds is 4. The van der Waals surface area contributed by atoms with Gasteiger partial charge in [-0.15, -0.1) is 0 Å². The molecule has 33 heavy (non-hydrogen) atoms. The second kappa shape index (κ2) is 8.58. The van der Waals surface area contributed by atoms with Crippen molar-refractivity contribution >= 4 is 28.4 Å². The van der Waals surface area contributed by atoms with Gasteiger partial charge in [-0.3, -0.25) is 14.6 Å². The van der Waals surface area contributed by atoms with Crippen LogP contribution in [0.4, 0.5) is 5.69 Å². The van der Waals surface area contributed by atoms with Crippen molar-refractivity contribution in [3.63, 3.8) is 0 Å². The van der Waals surface area contributed by atoms with E-state index < -0.39 is 11.9 Å². The summed E-state index contributed by atoms with van der Waals surface area (Å²) >= 11 is 0. The van der Waals surface area contributed by atoms with Gasteiger partial charge in [0.1, 0.15) is 29.8 Å². The number of carbonyl (C=O) groups is 2. The third kappa shape index (κ3) is 4.06. The van der Waals surface area contributed by atoms with Gasteiger partial charge < -0.3 is 19.7 Å². The Kier molecular flexibility index (Phi) is 5.32. The van der Waals surface area contributed by atoms with Crippen molar-refractivity contribution in [1.82, 2.24) is 15.3 Å². The molecule has 1 aliphatic heterocycles. The van der Waals surface area contributed by atoms with Crippen LogP contribution in [0.5, 0.6) is 17.4 Å². The van der Waals surface area contributed by atoms with E-state index in [4.69, 9.17) is 9.47 Å². The summed E-state index contributed by atoms with van der Waals surface area (Å²) in [5, 5.41) is 3.54. The first-order valence-electron chi connectivity index (χ1n) is 10.4. The van der Waals surface area contributed by atoms with Gasteiger partial charge in [0.25, 0.3) is 11.8 Å². The number of ether oxygens (including phenoxy) is 2. The second-order valence-electron chi connectivity index (χ2n) is 7.49. The number of amides is 2. The number of aromatic nitrogens is 2. The van der Waals surface area contributed by atoms with Gasteiger partial charge in [0.15, 0.2) is 0 Å². The lowest BCUT2D eigenvalue weighted by Crippen LogP contribution is -2.49. The number of para-hydroxylation sites is 1. The van der Waals surface area contributed by atoms with E-state index in [1.165, 1.54) is 4.90 Å². The Bertz CT molecular complexity index is 1340. The van der Waals surface area contributed by atoms with E-state index >= 15 is 0 Å². The molecule has 0 fully saturated rings. The maximum Gasteiger partial charge on any atom is 0.270 e. The molecule has 8 nitrogen and oxygen atoms in total. The molecule has 2 amide bonds. The van der Waals surface area contributed by atoms with Crippen molar-refractivity contribution in [2.24, 2.45) is 0 Å². The number of benzene rings is 2. The van der Waals surface area contributed by atoms with Gasteiger partial charge >= 0.3 is 0 Å². The Morgan fingerprint density at radius 1 is 1.06 bits per heavy atom. The highest BCUT2D eigenvalue weighted by Gasteiger charge is 2.32. The summed E-state index contributed by atoms with van der Waals surface area (Å²) in [5.41, 5.74) is 1.51. The zero-order chi connectivity index (χ0) is 22.8. The minimum Gasteiger partial charge on any atom is -0.489 e. The molecule has 3 heterocycles. The number of anilines is 1. The molecule has 1 atom stereocenters. The molecule has 0 saturated heterocycles. The lowest BCUT2D eigenvalue weighted by molar-refractivity contribution is -0.120. The molecular formula is C25H20N4O4. The van der Waals surface area contributed by atoms with E-state index in [9.17, 15) is 9.59 Å². The number of likely N-dealkylation sites (N-methyl/N-ethyl adjacent to an activating group) is 1. The summed E-state index contributed by atoms with van der Waals surface area (Å²) in [7, 11) is 1.66. The topological polar surface area (TPSA) is 93.7 Å². The van der Waals surface area contributed by atoms with Crippen molar-refractivity contribution in [3.8, 4) is 17.4 Å². The van der Waals surface area contributed by atoms with Crippen LogP contribution in [-0.4, -0.2) is 41.5 Å². The number of fused-ring (bicyclic) bond motifs is 3. The summed E-state index contributed by atoms with van der Waals surface area (Å²) in [4.78, 5) is 36.2. The normalized spacial score (nSPS) is 15.4. The van der Waals surface area contributed by atoms with Crippen LogP contribution < -0.4 is 19.7 Å². The van der Waals surface area contributed by atoms with E-state index in [1.54, 1.807) is 55.7 Å². The molecule has 4 aromatic rings. The quantitative estimate of drug-likeness (QED) is 0.521. The van der Waals surface area contributed by atoms with Crippen LogP contribution in [0.2, 0.25) is 0 Å². The molecule has 0 saturated carbocycles. The van der Waals surface area contributed by atoms with Crippen molar-refractivity contribution < 1.29 is 19.1 Å². The van der Waals surface area contributed by atoms with E-state index in [0.717, 1.165) is 10.9 Å². The smallest absolute Gasteiger partial charge is 0.270 e. The second-order valence-corrected chi connectivity index (χ2v) is 7.49. The minimum absolute atomic E-state index is 0.00606. The monoisotopic (exact) mass is 440 g/mol. The first kappa shape index (κ1) is 20.4. The first-order chi connectivity index (χ1) is 16.1. The molecule has 0 aliphatic carbocycles. The predicted molar refractivity (Wildman–Crippen MR) is 123 cm³/mol. The van der Waals surface area contributed by atoms with Gasteiger partial charge in [0, 0.05) is 24.7 Å². The fourth-order valence-corrected chi connectivity index (χ4v) is 3.71. The molecule has 1 N–H and O–H groups in total. The molecule has 1 aliphatic rings. The van der Waals surface area contributed by atoms with Gasteiger partial charge in [0.2, 0.25) is 5.88 Å². The van der Waals surface area contributed by atoms with Gasteiger partial charge in [-0.1, -0.05) is 24.3 Å². The molecule has 0 radical (unpaired) electrons. The molecule has 0 bridgehead atoms. The Labute approximate surface area is 189 Å². The molecule has 164 valence electrons. The van der Waals surface area contributed by atoms with Gasteiger partial charge in [0.05, 0.1) is 11.2 Å². The van der Waals surface area contributed by atoms with E-state index in [1.807, 2.05) is 30.3 Å². The highest BCUT2D eigenvalue weighted by atomic mass is 16.5. The van der Waals surface area contributed by atoms with E-state index in [0.29, 0.717) is 17.2 Å². The molecule has 0 unspecified atom stereocenters. The van der Waals surface area contributed by atoms with Gasteiger partial charge in [-0.05, 0) is 42.5 Å². The maximum atomic E-state index is 13.2. The molecule has 0 spiro atoms. The largest absolute Gasteiger partial charge is 0.489 e. The Hall–Kier alpha value is -4.46. The van der Waals surface area contributed by atoms with Crippen molar-refractivity contribution in [2.45, 2.75) is 6.04 Å². The van der Waals surface area contributed by atoms with E-state index in [2.05, 4.69) is 15.3 Å². The lowest BCUT2D eigenvalue weighted by atomic mass is 10.1. The number of carbonyl (C=O) groups excluding carboxylic acids is 2. The third-order valence-electron chi connectivity index (χ3n) is 5.32. The summed E-state index contributed by atoms with van der Waals surface area (Å²) < 4.78 is 11.6. The van der Waals surface area contributed by atoms with Gasteiger partial charge in [-0.2, -0.15) is 0 Å². The van der Waals surface area contributed by atoms with Crippen LogP contribution in [0, 0.1) is 0 Å². The van der Waals surface area contributed by atoms with Gasteiger partial charge in [-0.25, -0.2) is 4.98 Å². The maximum absolute atomic E-state index is 13.2. The van der Waals surface area contributed by atoms with Crippen molar-refractivity contribution in [3.05, 3.63) is 84.7 Å². The SMILES string of the molecule is CN1C(=O)[C@@H](NC(=O)c2cccc(Oc3ccccc3)n2)COc2ccc3ncccc3c21. The Morgan fingerprint density at radius 3 is 2.76 bits per heavy atom. The summed E-state index contributed by atoms with van der Waals surface area (Å²) in [6.45, 7) is -0.00606. The van der Waals surface area contributed by atoms with Crippen LogP contribution in [0.25, 0.3) is 10.9 Å². The van der Waals surface area contributed by atoms with Crippen LogP contribution in [0.1, 0.15) is 10.5 Å². The van der Waals surface area contributed by atoms with Crippen LogP contribution in [0.15, 0.2) is 79.0 Å². The fraction of sp³-hybridized carbons (Fsp3) is 0.120. The zero-order valence-corrected chi connectivity index (χ0v) is 17.8. The Morgan fingerprint density at radius 2 is 1.91 bits per heavy atom. The predicted octanol–water partition coefficient (Wildman–Crippen LogP) is 3.58. The molecule has 8 heteroatoms. The van der Waals surface area contributed by atoms with Crippen LogP contribution in [0.3, 0.4) is 0 Å². The molecular weight excluding hydrogens is 420 g/mol. The van der Waals surface area contributed by atoms with E-state index in [-0.39, 0.29) is 24.1 Å². The minimum atomic E-state index is -0.887. The highest BCUT2D eigenvalue weighted by molar-refractivity contribution is 6.08. The summed E-state index contributed by atoms with van der Waals surface area (Å²) in [5.74, 6) is 0.646. The van der Waals surface area contributed by atoms with Crippen molar-refractivity contribution in [1.29, 1.82) is 0 Å². The number of hydrogen-bond donors (Lipinski definition) is 1. The number of nitrogens with one attached hydrogen (secondary N) is 1. The number of nitrogens with zero attached hydrogens (tertiary/aromatic N) is 3. The number of hydrogen-bond acceptors (Lipinski definition) is 6. The van der Waals surface area contributed by atoms with Crippen molar-refractivity contribution in [2.75, 3.05) is 18.6 Å². The first-order valence-corrected chi connectivity index (χ1v) is 10.4. The average Bonchev–Trinajstić information content (AvgIpc) is 2.97. The lowest BCUT2D eigenvalue weighted by Gasteiger charge is -2.21. The standard InChI is InChI=1S/C25H20N4O4/c1-29-23-17-9-6-14-26-18(17)12-13-21(23)32-15-20(25(29)31)28-24(30)19-10-5-11-22(27-19)33-16-7-3-2-4-8-16/h2-14,20H,15H2,1H3,(H,28,30)/t20-/m0/s1. The summed E-state index contributed by atoms with van der Waals surface area (Å²) in [6, 6.07) is 20.5. The molecule has 2 aromatic carbocycles. The number of pyridine rings is 2. The fourth-order valence-electron chi connectivity index (χ4n) is 3.71. The van der Waals surface area contributed by atoms with Crippen LogP contribution >= 0.6 is 0 Å². The molecule has 2 aromatic heterocycles. The highest BCUT2D eigenvalue weighted by Crippen LogP contribution is 2.37. The van der Waals surface area contributed by atoms with Crippen LogP contribution in [-0.2, 0) is 4.79 Å². The summed E-state index contributed by atoms with van der Waals surface area (Å²) in [6.07, 6.45) is 1.69. The Balaban J connectivity index is 1.36.